The number of nitrogens with zero attached hydrogens (tertiary/aromatic N) is 3. The molecule has 0 aromatic heterocycles. The Morgan fingerprint density at radius 3 is 2.53 bits per heavy atom. The maximum atomic E-state index is 13.2. The van der Waals surface area contributed by atoms with E-state index in [1.165, 1.54) is 0 Å². The fourth-order valence-electron chi connectivity index (χ4n) is 6.64. The molecule has 3 aliphatic rings. The number of hydrogen-bond acceptors (Lipinski definition) is 12. The van der Waals surface area contributed by atoms with Crippen molar-refractivity contribution >= 4 is 23.2 Å². The van der Waals surface area contributed by atoms with E-state index in [1.807, 2.05) is 36.4 Å². The van der Waals surface area contributed by atoms with Crippen LogP contribution in [0.15, 0.2) is 42.5 Å². The number of carbonyl (C=O) groups excluding carboxylic acids is 1. The Morgan fingerprint density at radius 2 is 1.78 bits per heavy atom. The van der Waals surface area contributed by atoms with Crippen molar-refractivity contribution in [1.29, 1.82) is 0 Å². The van der Waals surface area contributed by atoms with E-state index >= 15 is 0 Å². The Bertz CT molecular complexity index is 1300. The fourth-order valence-corrected chi connectivity index (χ4v) is 6.77. The summed E-state index contributed by atoms with van der Waals surface area (Å²) in [5.74, 6) is 1.51. The number of halogens is 1. The number of aliphatic hydroxyl groups is 1. The number of piperidine rings is 1. The topological polar surface area (TPSA) is 143 Å². The number of benzene rings is 2. The molecule has 2 aromatic rings. The van der Waals surface area contributed by atoms with Crippen molar-refractivity contribution < 1.29 is 48.8 Å². The van der Waals surface area contributed by atoms with Crippen LogP contribution in [0, 0.1) is 0 Å². The van der Waals surface area contributed by atoms with Crippen LogP contribution in [-0.2, 0) is 30.4 Å². The van der Waals surface area contributed by atoms with Gasteiger partial charge in [0.1, 0.15) is 36.4 Å². The van der Waals surface area contributed by atoms with Gasteiger partial charge in [-0.3, -0.25) is 20.0 Å². The van der Waals surface area contributed by atoms with Crippen molar-refractivity contribution in [2.24, 2.45) is 0 Å². The number of carbonyl (C=O) groups is 1. The van der Waals surface area contributed by atoms with Gasteiger partial charge < -0.3 is 38.6 Å². The minimum Gasteiger partial charge on any atom is -0.490 e. The van der Waals surface area contributed by atoms with Gasteiger partial charge in [-0.1, -0.05) is 17.7 Å². The summed E-state index contributed by atoms with van der Waals surface area (Å²) in [7, 11) is 1.71. The lowest BCUT2D eigenvalue weighted by atomic mass is 9.93. The molecule has 2 aromatic carbocycles. The number of fused-ring (bicyclic) bond motifs is 1. The molecular formula is C35H50ClN3O10. The predicted octanol–water partition coefficient (Wildman–Crippen LogP) is 4.62. The molecule has 13 nitrogen and oxygen atoms in total. The summed E-state index contributed by atoms with van der Waals surface area (Å²) in [4.78, 5) is 21.7. The maximum absolute atomic E-state index is 13.2. The monoisotopic (exact) mass is 707 g/mol. The molecule has 0 radical (unpaired) electrons. The average molecular weight is 708 g/mol. The molecule has 3 atom stereocenters. The number of ether oxygens (including phenoxy) is 5. The minimum absolute atomic E-state index is 0.0627. The number of methoxy groups -OCH3 is 1. The molecule has 2 aliphatic heterocycles. The number of likely N-dealkylation sites (tertiary alicyclic amines) is 1. The SMILES string of the molecule is COCCCN1CCOc2ccc(COC3CN(C(=O)CCCCON(O)O)CC(O)C3OC3CCC(Oc4ccc(Cl)cc4)CC3)cc21. The lowest BCUT2D eigenvalue weighted by Crippen LogP contribution is -2.59. The van der Waals surface area contributed by atoms with Crippen molar-refractivity contribution in [3.05, 3.63) is 53.1 Å². The van der Waals surface area contributed by atoms with Gasteiger partial charge >= 0.3 is 0 Å². The molecule has 1 saturated heterocycles. The van der Waals surface area contributed by atoms with Crippen LogP contribution in [0.3, 0.4) is 0 Å². The third-order valence-electron chi connectivity index (χ3n) is 9.21. The van der Waals surface area contributed by atoms with E-state index in [-0.39, 0.29) is 56.2 Å². The van der Waals surface area contributed by atoms with Crippen LogP contribution in [0.1, 0.15) is 56.9 Å². The van der Waals surface area contributed by atoms with Crippen LogP contribution in [0.4, 0.5) is 5.69 Å². The molecule has 0 spiro atoms. The molecule has 3 unspecified atom stereocenters. The summed E-state index contributed by atoms with van der Waals surface area (Å²) in [5, 5.41) is 29.1. The van der Waals surface area contributed by atoms with E-state index in [9.17, 15) is 9.90 Å². The van der Waals surface area contributed by atoms with E-state index in [0.29, 0.717) is 31.1 Å². The van der Waals surface area contributed by atoms with Crippen molar-refractivity contribution in [3.63, 3.8) is 0 Å². The first kappa shape index (κ1) is 37.5. The maximum Gasteiger partial charge on any atom is 0.222 e. The Labute approximate surface area is 293 Å². The number of aliphatic hydroxyl groups excluding tert-OH is 1. The zero-order chi connectivity index (χ0) is 34.6. The molecule has 272 valence electrons. The van der Waals surface area contributed by atoms with Crippen molar-refractivity contribution in [2.45, 2.75) is 88.5 Å². The molecule has 2 fully saturated rings. The molecule has 1 saturated carbocycles. The zero-order valence-corrected chi connectivity index (χ0v) is 28.9. The van der Waals surface area contributed by atoms with Gasteiger partial charge in [0, 0.05) is 44.8 Å². The largest absolute Gasteiger partial charge is 0.490 e. The van der Waals surface area contributed by atoms with E-state index in [2.05, 4.69) is 15.8 Å². The van der Waals surface area contributed by atoms with E-state index < -0.39 is 18.3 Å². The second-order valence-electron chi connectivity index (χ2n) is 12.8. The minimum atomic E-state index is -0.931. The number of rotatable bonds is 17. The van der Waals surface area contributed by atoms with Gasteiger partial charge in [-0.05, 0) is 86.9 Å². The highest BCUT2D eigenvalue weighted by atomic mass is 35.5. The van der Waals surface area contributed by atoms with Crippen LogP contribution in [0.25, 0.3) is 0 Å². The molecular weight excluding hydrogens is 658 g/mol. The highest BCUT2D eigenvalue weighted by Crippen LogP contribution is 2.34. The quantitative estimate of drug-likeness (QED) is 0.156. The summed E-state index contributed by atoms with van der Waals surface area (Å²) in [6, 6.07) is 13.4. The van der Waals surface area contributed by atoms with E-state index in [4.69, 9.17) is 45.7 Å². The van der Waals surface area contributed by atoms with Crippen molar-refractivity contribution in [2.75, 3.05) is 58.0 Å². The lowest BCUT2D eigenvalue weighted by molar-refractivity contribution is -0.492. The second-order valence-corrected chi connectivity index (χ2v) is 13.3. The molecule has 0 bridgehead atoms. The van der Waals surface area contributed by atoms with Gasteiger partial charge in [0.05, 0.1) is 43.0 Å². The van der Waals surface area contributed by atoms with Crippen LogP contribution in [-0.4, -0.2) is 115 Å². The number of β-amino-alcohol motifs (C(OH)–C–C–N with tert-alkyl or cyclic N) is 1. The molecule has 1 amide bonds. The highest BCUT2D eigenvalue weighted by molar-refractivity contribution is 6.30. The van der Waals surface area contributed by atoms with Gasteiger partial charge in [-0.15, -0.1) is 0 Å². The van der Waals surface area contributed by atoms with Gasteiger partial charge in [-0.25, -0.2) is 0 Å². The molecule has 14 heteroatoms. The van der Waals surface area contributed by atoms with Gasteiger partial charge in [0.15, 0.2) is 0 Å². The van der Waals surface area contributed by atoms with Crippen molar-refractivity contribution in [1.82, 2.24) is 10.3 Å². The fraction of sp³-hybridized carbons (Fsp3) is 0.629. The van der Waals surface area contributed by atoms with Gasteiger partial charge in [0.2, 0.25) is 5.91 Å². The van der Waals surface area contributed by atoms with Crippen LogP contribution >= 0.6 is 11.6 Å². The normalized spacial score (nSPS) is 24.1. The van der Waals surface area contributed by atoms with Crippen molar-refractivity contribution in [3.8, 4) is 11.5 Å². The Hall–Kier alpha value is -2.72. The summed E-state index contributed by atoms with van der Waals surface area (Å²) in [6.45, 7) is 3.72. The third kappa shape index (κ3) is 11.4. The summed E-state index contributed by atoms with van der Waals surface area (Å²) in [5.41, 5.74) is 1.98. The standard InChI is InChI=1S/C35H50ClN3O10/c1-44-18-4-16-37-17-20-45-32-15-6-25(21-30(32)37)24-46-33-23-38(34(41)5-2-3-19-47-39(42)43)22-31(40)35(33)49-29-13-11-28(12-14-29)48-27-9-7-26(36)8-10-27/h6-10,15,21,28-29,31,33,35,40,42-43H,2-5,11-14,16-20,22-24H2,1H3. The van der Waals surface area contributed by atoms with Gasteiger partial charge in [-0.2, -0.15) is 0 Å². The molecule has 1 aliphatic carbocycles. The summed E-state index contributed by atoms with van der Waals surface area (Å²) in [6.07, 6.45) is 3.18. The zero-order valence-electron chi connectivity index (χ0n) is 28.2. The van der Waals surface area contributed by atoms with E-state index in [1.54, 1.807) is 12.0 Å². The number of amides is 1. The number of anilines is 1. The Balaban J connectivity index is 1.21. The first-order valence-corrected chi connectivity index (χ1v) is 17.6. The molecule has 3 N–H and O–H groups in total. The predicted molar refractivity (Wildman–Crippen MR) is 180 cm³/mol. The lowest BCUT2D eigenvalue weighted by Gasteiger charge is -2.43. The van der Waals surface area contributed by atoms with Crippen LogP contribution in [0.2, 0.25) is 5.02 Å². The highest BCUT2D eigenvalue weighted by Gasteiger charge is 2.41. The summed E-state index contributed by atoms with van der Waals surface area (Å²) < 4.78 is 30.4. The Morgan fingerprint density at radius 1 is 1.00 bits per heavy atom. The summed E-state index contributed by atoms with van der Waals surface area (Å²) >= 11 is 6.02. The molecule has 5 rings (SSSR count). The van der Waals surface area contributed by atoms with Crippen LogP contribution in [0.5, 0.6) is 11.5 Å². The smallest absolute Gasteiger partial charge is 0.222 e. The number of unbranched alkanes of at least 4 members (excludes halogenated alkanes) is 1. The Kier molecular flexibility index (Phi) is 14.6. The van der Waals surface area contributed by atoms with E-state index in [0.717, 1.165) is 67.9 Å². The average Bonchev–Trinajstić information content (AvgIpc) is 3.10. The first-order chi connectivity index (χ1) is 23.8. The molecule has 2 heterocycles. The first-order valence-electron chi connectivity index (χ1n) is 17.2. The van der Waals surface area contributed by atoms with Gasteiger partial charge in [0.25, 0.3) is 0 Å². The second kappa shape index (κ2) is 19.0. The molecule has 49 heavy (non-hydrogen) atoms. The number of hydrogen-bond donors (Lipinski definition) is 3. The van der Waals surface area contributed by atoms with Crippen LogP contribution < -0.4 is 14.4 Å². The third-order valence-corrected chi connectivity index (χ3v) is 9.46.